The first-order chi connectivity index (χ1) is 19.5. The van der Waals surface area contributed by atoms with Gasteiger partial charge in [-0.15, -0.1) is 0 Å². The number of aromatic nitrogens is 3. The molecule has 0 unspecified atom stereocenters. The lowest BCUT2D eigenvalue weighted by Gasteiger charge is -2.32. The average molecular weight is 570 g/mol. The summed E-state index contributed by atoms with van der Waals surface area (Å²) in [6.07, 6.45) is -0.582. The highest BCUT2D eigenvalue weighted by Gasteiger charge is 2.38. The van der Waals surface area contributed by atoms with E-state index >= 15 is 0 Å². The van der Waals surface area contributed by atoms with Crippen molar-refractivity contribution in [1.82, 2.24) is 19.0 Å². The maximum Gasteiger partial charge on any atom is 0.490 e. The van der Waals surface area contributed by atoms with Crippen LogP contribution in [0.15, 0.2) is 84.3 Å². The third kappa shape index (κ3) is 6.40. The summed E-state index contributed by atoms with van der Waals surface area (Å²) in [5.74, 6) is -1.23. The van der Waals surface area contributed by atoms with Gasteiger partial charge in [-0.3, -0.25) is 13.9 Å². The Bertz CT molecular complexity index is 1610. The molecule has 4 aromatic rings. The van der Waals surface area contributed by atoms with Crippen molar-refractivity contribution in [2.45, 2.75) is 25.1 Å². The maximum absolute atomic E-state index is 13.8. The standard InChI is InChI=1S/C26H25N5O3.C2HF3O2/c1-2-23(32)29-16-6-7-19(17-29)30-22-14-15-28-25(27)24(22)31(26(30)33)18-10-12-21(13-11-18)34-20-8-4-3-5-9-20;3-2(4,5)1(6)7/h2-5,8-15,19H,1,6-7,16-17H2,(H2,27,28);(H,6,7)/t19-;/m1./s1. The van der Waals surface area contributed by atoms with E-state index in [1.807, 2.05) is 54.6 Å². The Kier molecular flexibility index (Phi) is 8.45. The minimum atomic E-state index is -5.08. The Morgan fingerprint density at radius 3 is 2.32 bits per heavy atom. The number of rotatable bonds is 5. The number of carboxylic acid groups (broad SMARTS) is 1. The number of hydrogen-bond acceptors (Lipinski definition) is 6. The molecule has 1 aliphatic rings. The van der Waals surface area contributed by atoms with E-state index in [1.165, 1.54) is 6.08 Å². The van der Waals surface area contributed by atoms with Gasteiger partial charge in [-0.05, 0) is 61.4 Å². The molecular formula is C28H26F3N5O5. The van der Waals surface area contributed by atoms with E-state index in [2.05, 4.69) is 11.6 Å². The number of aliphatic carboxylic acids is 1. The number of para-hydroxylation sites is 1. The molecule has 10 nitrogen and oxygen atoms in total. The predicted molar refractivity (Wildman–Crippen MR) is 145 cm³/mol. The first-order valence-electron chi connectivity index (χ1n) is 12.4. The van der Waals surface area contributed by atoms with E-state index in [4.69, 9.17) is 20.4 Å². The zero-order chi connectivity index (χ0) is 29.7. The van der Waals surface area contributed by atoms with Crippen LogP contribution in [-0.2, 0) is 9.59 Å². The number of carbonyl (C=O) groups excluding carboxylic acids is 1. The Morgan fingerprint density at radius 2 is 1.71 bits per heavy atom. The highest BCUT2D eigenvalue weighted by molar-refractivity contribution is 5.88. The van der Waals surface area contributed by atoms with Crippen molar-refractivity contribution < 1.29 is 32.6 Å². The van der Waals surface area contributed by atoms with Gasteiger partial charge in [0.15, 0.2) is 0 Å². The third-order valence-corrected chi connectivity index (χ3v) is 6.38. The van der Waals surface area contributed by atoms with Gasteiger partial charge in [0.1, 0.15) is 22.8 Å². The molecule has 214 valence electrons. The van der Waals surface area contributed by atoms with Gasteiger partial charge < -0.3 is 20.5 Å². The lowest BCUT2D eigenvalue weighted by Crippen LogP contribution is -2.42. The number of carboxylic acids is 1. The number of pyridine rings is 1. The third-order valence-electron chi connectivity index (χ3n) is 6.38. The molecular weight excluding hydrogens is 543 g/mol. The molecule has 2 aromatic carbocycles. The van der Waals surface area contributed by atoms with Crippen molar-refractivity contribution in [3.63, 3.8) is 0 Å². The van der Waals surface area contributed by atoms with E-state index in [-0.39, 0.29) is 23.5 Å². The first kappa shape index (κ1) is 28.9. The van der Waals surface area contributed by atoms with Crippen LogP contribution in [0.2, 0.25) is 0 Å². The number of likely N-dealkylation sites (tertiary alicyclic amines) is 1. The molecule has 0 saturated carbocycles. The molecule has 0 aliphatic carbocycles. The normalized spacial score (nSPS) is 15.1. The Labute approximate surface area is 231 Å². The van der Waals surface area contributed by atoms with Crippen LogP contribution in [0, 0.1) is 0 Å². The molecule has 0 radical (unpaired) electrons. The molecule has 5 rings (SSSR count). The zero-order valence-corrected chi connectivity index (χ0v) is 21.6. The number of imidazole rings is 1. The number of nitrogens with two attached hydrogens (primary N) is 1. The fourth-order valence-electron chi connectivity index (χ4n) is 4.56. The van der Waals surface area contributed by atoms with E-state index < -0.39 is 12.1 Å². The molecule has 0 spiro atoms. The number of halogens is 3. The van der Waals surface area contributed by atoms with Crippen LogP contribution < -0.4 is 16.2 Å². The Morgan fingerprint density at radius 1 is 1.07 bits per heavy atom. The number of carbonyl (C=O) groups is 2. The average Bonchev–Trinajstić information content (AvgIpc) is 3.26. The number of nitrogen functional groups attached to an aromatic ring is 1. The van der Waals surface area contributed by atoms with E-state index in [9.17, 15) is 22.8 Å². The number of amides is 1. The second kappa shape index (κ2) is 12.0. The second-order valence-electron chi connectivity index (χ2n) is 9.05. The molecule has 1 amide bonds. The molecule has 13 heteroatoms. The van der Waals surface area contributed by atoms with Crippen LogP contribution >= 0.6 is 0 Å². The highest BCUT2D eigenvalue weighted by atomic mass is 19.4. The number of nitrogens with zero attached hydrogens (tertiary/aromatic N) is 4. The Hall–Kier alpha value is -5.07. The van der Waals surface area contributed by atoms with Crippen molar-refractivity contribution in [1.29, 1.82) is 0 Å². The molecule has 0 bridgehead atoms. The number of anilines is 1. The van der Waals surface area contributed by atoms with Crippen LogP contribution in [0.4, 0.5) is 19.0 Å². The van der Waals surface area contributed by atoms with Crippen molar-refractivity contribution in [2.24, 2.45) is 0 Å². The molecule has 3 heterocycles. The van der Waals surface area contributed by atoms with Gasteiger partial charge in [0.25, 0.3) is 0 Å². The van der Waals surface area contributed by atoms with Gasteiger partial charge in [-0.2, -0.15) is 13.2 Å². The number of piperidine rings is 1. The van der Waals surface area contributed by atoms with Crippen LogP contribution in [0.1, 0.15) is 18.9 Å². The quantitative estimate of drug-likeness (QED) is 0.337. The summed E-state index contributed by atoms with van der Waals surface area (Å²) in [5, 5.41) is 7.12. The SMILES string of the molecule is C=CC(=O)N1CCC[C@@H](n2c(=O)n(-c3ccc(Oc4ccccc4)cc3)c3c(N)nccc32)C1.O=C(O)C(F)(F)F. The zero-order valence-electron chi connectivity index (χ0n) is 21.6. The highest BCUT2D eigenvalue weighted by Crippen LogP contribution is 2.29. The molecule has 2 aromatic heterocycles. The van der Waals surface area contributed by atoms with E-state index in [1.54, 1.807) is 26.3 Å². The van der Waals surface area contributed by atoms with Crippen LogP contribution in [0.25, 0.3) is 16.7 Å². The number of benzene rings is 2. The van der Waals surface area contributed by atoms with Gasteiger partial charge in [-0.25, -0.2) is 14.6 Å². The number of alkyl halides is 3. The summed E-state index contributed by atoms with van der Waals surface area (Å²) in [4.78, 5) is 40.8. The minimum Gasteiger partial charge on any atom is -0.475 e. The minimum absolute atomic E-state index is 0.128. The second-order valence-corrected chi connectivity index (χ2v) is 9.05. The van der Waals surface area contributed by atoms with Gasteiger partial charge >= 0.3 is 17.8 Å². The van der Waals surface area contributed by atoms with Gasteiger partial charge in [-0.1, -0.05) is 24.8 Å². The van der Waals surface area contributed by atoms with Crippen LogP contribution in [-0.4, -0.2) is 55.3 Å². The predicted octanol–water partition coefficient (Wildman–Crippen LogP) is 4.54. The largest absolute Gasteiger partial charge is 0.490 e. The summed E-state index contributed by atoms with van der Waals surface area (Å²) in [5.41, 5.74) is 7.93. The van der Waals surface area contributed by atoms with Gasteiger partial charge in [0.2, 0.25) is 5.91 Å². The van der Waals surface area contributed by atoms with Crippen molar-refractivity contribution >= 4 is 28.7 Å². The van der Waals surface area contributed by atoms with Crippen LogP contribution in [0.5, 0.6) is 11.5 Å². The first-order valence-corrected chi connectivity index (χ1v) is 12.4. The van der Waals surface area contributed by atoms with Crippen molar-refractivity contribution in [3.05, 3.63) is 90.0 Å². The lowest BCUT2D eigenvalue weighted by atomic mass is 10.1. The molecule has 1 aliphatic heterocycles. The fourth-order valence-corrected chi connectivity index (χ4v) is 4.56. The van der Waals surface area contributed by atoms with E-state index in [0.29, 0.717) is 35.6 Å². The summed E-state index contributed by atoms with van der Waals surface area (Å²) in [6, 6.07) is 18.4. The maximum atomic E-state index is 13.8. The fraction of sp³-hybridized carbons (Fsp3) is 0.214. The smallest absolute Gasteiger partial charge is 0.475 e. The number of hydrogen-bond donors (Lipinski definition) is 2. The summed E-state index contributed by atoms with van der Waals surface area (Å²) < 4.78 is 40.9. The van der Waals surface area contributed by atoms with Crippen molar-refractivity contribution in [3.8, 4) is 17.2 Å². The van der Waals surface area contributed by atoms with E-state index in [0.717, 1.165) is 18.6 Å². The lowest BCUT2D eigenvalue weighted by molar-refractivity contribution is -0.192. The topological polar surface area (TPSA) is 133 Å². The number of fused-ring (bicyclic) bond motifs is 1. The summed E-state index contributed by atoms with van der Waals surface area (Å²) in [6.45, 7) is 4.69. The molecule has 41 heavy (non-hydrogen) atoms. The van der Waals surface area contributed by atoms with Gasteiger partial charge in [0.05, 0.1) is 17.2 Å². The number of ether oxygens (including phenoxy) is 1. The van der Waals surface area contributed by atoms with Crippen LogP contribution in [0.3, 0.4) is 0 Å². The summed E-state index contributed by atoms with van der Waals surface area (Å²) >= 11 is 0. The molecule has 1 atom stereocenters. The van der Waals surface area contributed by atoms with Gasteiger partial charge in [0, 0.05) is 19.3 Å². The molecule has 1 fully saturated rings. The summed E-state index contributed by atoms with van der Waals surface area (Å²) in [7, 11) is 0. The van der Waals surface area contributed by atoms with Crippen molar-refractivity contribution in [2.75, 3.05) is 18.8 Å². The molecule has 1 saturated heterocycles. The monoisotopic (exact) mass is 569 g/mol. The Balaban J connectivity index is 0.000000493. The molecule has 3 N–H and O–H groups in total.